The smallest absolute Gasteiger partial charge is 0.233 e. The lowest BCUT2D eigenvalue weighted by atomic mass is 10.0. The average molecular weight is 709 g/mol. The fraction of sp³-hybridized carbons (Fsp3) is 0.196. The van der Waals surface area contributed by atoms with E-state index in [2.05, 4.69) is 114 Å². The first-order valence-corrected chi connectivity index (χ1v) is 16.8. The van der Waals surface area contributed by atoms with Crippen molar-refractivity contribution >= 4 is 0 Å². The molecule has 0 bridgehead atoms. The van der Waals surface area contributed by atoms with E-state index in [-0.39, 0.29) is 18.3 Å². The monoisotopic (exact) mass is 708 g/mol. The SMILES string of the molecule is C=C=C=C=C=C=C=C=C=C=C=C=C=C=C=C.N#Cc1c(-c2ccccc2)ccnc1OCc1nc(-c2ccc(F)cc2)c(CCCCN2CCOCC2)o1. The lowest BCUT2D eigenvalue weighted by molar-refractivity contribution is 0.0371. The van der Waals surface area contributed by atoms with Gasteiger partial charge in [-0.05, 0) is 137 Å². The van der Waals surface area contributed by atoms with Gasteiger partial charge in [-0.3, -0.25) is 4.90 Å². The van der Waals surface area contributed by atoms with Crippen LogP contribution in [0.25, 0.3) is 22.4 Å². The Hall–Kier alpha value is -7.40. The van der Waals surface area contributed by atoms with Crippen LogP contribution in [-0.2, 0) is 17.8 Å². The highest BCUT2D eigenvalue weighted by atomic mass is 19.1. The van der Waals surface area contributed by atoms with E-state index in [0.717, 1.165) is 68.1 Å². The molecule has 1 saturated heterocycles. The molecule has 8 heteroatoms. The second kappa shape index (κ2) is 23.1. The Morgan fingerprint density at radius 3 is 1.96 bits per heavy atom. The number of ether oxygens (including phenoxy) is 2. The van der Waals surface area contributed by atoms with Crippen molar-refractivity contribution in [1.29, 1.82) is 5.26 Å². The molecule has 0 atom stereocenters. The van der Waals surface area contributed by atoms with Gasteiger partial charge in [0.1, 0.15) is 28.9 Å². The van der Waals surface area contributed by atoms with Crippen LogP contribution in [0.4, 0.5) is 4.39 Å². The number of halogens is 1. The van der Waals surface area contributed by atoms with Gasteiger partial charge in [0.25, 0.3) is 0 Å². The van der Waals surface area contributed by atoms with E-state index in [0.29, 0.717) is 23.6 Å². The topological polar surface area (TPSA) is 84.4 Å². The van der Waals surface area contributed by atoms with Gasteiger partial charge in [0.05, 0.1) is 13.2 Å². The first-order chi connectivity index (χ1) is 26.6. The van der Waals surface area contributed by atoms with Gasteiger partial charge in [-0.25, -0.2) is 14.4 Å². The fourth-order valence-corrected chi connectivity index (χ4v) is 4.96. The number of aromatic nitrogens is 2. The summed E-state index contributed by atoms with van der Waals surface area (Å²) < 4.78 is 31.0. The zero-order valence-electron chi connectivity index (χ0n) is 29.5. The lowest BCUT2D eigenvalue weighted by Crippen LogP contribution is -2.36. The molecular weight excluding hydrogens is 676 g/mol. The fourth-order valence-electron chi connectivity index (χ4n) is 4.96. The molecule has 5 rings (SSSR count). The highest BCUT2D eigenvalue weighted by Crippen LogP contribution is 2.30. The van der Waals surface area contributed by atoms with Gasteiger partial charge in [-0.1, -0.05) is 41.8 Å². The quantitative estimate of drug-likeness (QED) is 0.121. The number of benzene rings is 2. The molecule has 7 nitrogen and oxygen atoms in total. The van der Waals surface area contributed by atoms with E-state index in [4.69, 9.17) is 13.9 Å². The standard InChI is InChI=1S/C30H29FN4O3.C16H4/c31-24-11-9-23(10-12-24)29-27(8-4-5-15-35-16-18-36-19-17-35)38-28(34-29)21-37-30-26(20-32)25(13-14-33-30)22-6-2-1-3-7-22;1-3-5-7-9-11-13-15-16-14-12-10-8-6-4-2/h1-3,6-7,9-14H,4-5,8,15-19,21H2;1-2H2. The largest absolute Gasteiger partial charge is 0.467 e. The third-order valence-corrected chi connectivity index (χ3v) is 7.40. The first kappa shape index (κ1) is 39.4. The highest BCUT2D eigenvalue weighted by Gasteiger charge is 2.18. The number of rotatable bonds is 10. The van der Waals surface area contributed by atoms with Gasteiger partial charge < -0.3 is 13.9 Å². The molecule has 0 spiro atoms. The van der Waals surface area contributed by atoms with Gasteiger partial charge >= 0.3 is 0 Å². The molecule has 2 aromatic heterocycles. The van der Waals surface area contributed by atoms with Crippen molar-refractivity contribution in [2.45, 2.75) is 25.9 Å². The predicted molar refractivity (Wildman–Crippen MR) is 201 cm³/mol. The molecular formula is C46H33FN4O3. The van der Waals surface area contributed by atoms with Crippen LogP contribution in [0.1, 0.15) is 30.1 Å². The van der Waals surface area contributed by atoms with Gasteiger partial charge in [0, 0.05) is 36.8 Å². The van der Waals surface area contributed by atoms with Crippen molar-refractivity contribution in [2.24, 2.45) is 0 Å². The maximum Gasteiger partial charge on any atom is 0.233 e. The molecule has 0 unspecified atom stereocenters. The number of nitrogens with zero attached hydrogens (tertiary/aromatic N) is 4. The maximum absolute atomic E-state index is 13.6. The molecule has 0 aliphatic carbocycles. The zero-order valence-corrected chi connectivity index (χ0v) is 29.5. The summed E-state index contributed by atoms with van der Waals surface area (Å²) in [5.41, 5.74) is 37.9. The van der Waals surface area contributed by atoms with E-state index in [9.17, 15) is 9.65 Å². The second-order valence-corrected chi connectivity index (χ2v) is 11.0. The summed E-state index contributed by atoms with van der Waals surface area (Å²) in [6.45, 7) is 11.1. The number of aryl methyl sites for hydroxylation is 1. The molecule has 0 radical (unpaired) electrons. The number of unbranched alkanes of at least 4 members (excludes halogenated alkanes) is 1. The van der Waals surface area contributed by atoms with Crippen LogP contribution in [0.15, 0.2) is 165 Å². The molecule has 2 aromatic carbocycles. The normalized spacial score (nSPS) is 10.8. The predicted octanol–water partition coefficient (Wildman–Crippen LogP) is 8.62. The number of pyridine rings is 1. The summed E-state index contributed by atoms with van der Waals surface area (Å²) in [5.74, 6) is 1.04. The number of oxazole rings is 1. The summed E-state index contributed by atoms with van der Waals surface area (Å²) in [7, 11) is 0. The van der Waals surface area contributed by atoms with Gasteiger partial charge in [0.15, 0.2) is 6.61 Å². The number of morpholine rings is 1. The molecule has 4 aromatic rings. The van der Waals surface area contributed by atoms with Crippen molar-refractivity contribution in [3.63, 3.8) is 0 Å². The summed E-state index contributed by atoms with van der Waals surface area (Å²) >= 11 is 0. The summed E-state index contributed by atoms with van der Waals surface area (Å²) in [6.07, 6.45) is 4.28. The minimum Gasteiger partial charge on any atom is -0.467 e. The zero-order chi connectivity index (χ0) is 38.1. The third kappa shape index (κ3) is 13.4. The van der Waals surface area contributed by atoms with Crippen molar-refractivity contribution in [3.05, 3.63) is 183 Å². The number of hydrogen-bond acceptors (Lipinski definition) is 7. The molecule has 1 aliphatic rings. The second-order valence-electron chi connectivity index (χ2n) is 11.0. The van der Waals surface area contributed by atoms with Gasteiger partial charge in [-0.15, -0.1) is 0 Å². The van der Waals surface area contributed by atoms with E-state index >= 15 is 0 Å². The van der Waals surface area contributed by atoms with Gasteiger partial charge in [-0.2, -0.15) is 5.26 Å². The first-order valence-electron chi connectivity index (χ1n) is 16.8. The number of hydrogen-bond donors (Lipinski definition) is 0. The third-order valence-electron chi connectivity index (χ3n) is 7.40. The van der Waals surface area contributed by atoms with Crippen LogP contribution in [0.3, 0.4) is 0 Å². The average Bonchev–Trinajstić information content (AvgIpc) is 3.63. The van der Waals surface area contributed by atoms with E-state index in [1.807, 2.05) is 30.3 Å². The molecule has 1 fully saturated rings. The summed E-state index contributed by atoms with van der Waals surface area (Å²) in [6, 6.07) is 19.9. The van der Waals surface area contributed by atoms with Crippen LogP contribution in [0.2, 0.25) is 0 Å². The molecule has 0 N–H and O–H groups in total. The van der Waals surface area contributed by atoms with Crippen LogP contribution < -0.4 is 4.74 Å². The molecule has 262 valence electrons. The Morgan fingerprint density at radius 1 is 0.759 bits per heavy atom. The van der Waals surface area contributed by atoms with Crippen molar-refractivity contribution < 1.29 is 18.3 Å². The lowest BCUT2D eigenvalue weighted by Gasteiger charge is -2.26. The molecule has 1 aliphatic heterocycles. The Kier molecular flexibility index (Phi) is 16.9. The van der Waals surface area contributed by atoms with Crippen LogP contribution in [0, 0.1) is 17.1 Å². The van der Waals surface area contributed by atoms with Crippen molar-refractivity contribution in [3.8, 4) is 34.3 Å². The summed E-state index contributed by atoms with van der Waals surface area (Å²) in [4.78, 5) is 11.4. The molecule has 3 heterocycles. The Labute approximate surface area is 314 Å². The molecule has 0 amide bonds. The van der Waals surface area contributed by atoms with Crippen LogP contribution in [0.5, 0.6) is 5.88 Å². The van der Waals surface area contributed by atoms with E-state index in [1.165, 1.54) is 12.1 Å². The van der Waals surface area contributed by atoms with E-state index < -0.39 is 0 Å². The Bertz CT molecular complexity index is 2420. The van der Waals surface area contributed by atoms with Crippen molar-refractivity contribution in [2.75, 3.05) is 32.8 Å². The Balaban J connectivity index is 0.000000344. The highest BCUT2D eigenvalue weighted by molar-refractivity contribution is 5.72. The molecule has 54 heavy (non-hydrogen) atoms. The van der Waals surface area contributed by atoms with Crippen molar-refractivity contribution in [1.82, 2.24) is 14.9 Å². The summed E-state index contributed by atoms with van der Waals surface area (Å²) in [5, 5.41) is 9.84. The van der Waals surface area contributed by atoms with Gasteiger partial charge in [0.2, 0.25) is 11.8 Å². The van der Waals surface area contributed by atoms with Crippen LogP contribution in [-0.4, -0.2) is 47.7 Å². The number of nitriles is 1. The Morgan fingerprint density at radius 2 is 1.37 bits per heavy atom. The maximum atomic E-state index is 13.6. The molecule has 0 saturated carbocycles. The van der Waals surface area contributed by atoms with Crippen LogP contribution >= 0.6 is 0 Å². The van der Waals surface area contributed by atoms with E-state index in [1.54, 1.807) is 24.4 Å². The minimum absolute atomic E-state index is 0.0158. The minimum atomic E-state index is -0.304.